The van der Waals surface area contributed by atoms with Crippen LogP contribution in [-0.2, 0) is 0 Å². The van der Waals surface area contributed by atoms with Crippen molar-refractivity contribution >= 4 is 11.4 Å². The van der Waals surface area contributed by atoms with Crippen molar-refractivity contribution in [3.63, 3.8) is 0 Å². The van der Waals surface area contributed by atoms with Crippen molar-refractivity contribution < 1.29 is 0 Å². The quantitative estimate of drug-likeness (QED) is 0.750. The molecule has 0 bridgehead atoms. The highest BCUT2D eigenvalue weighted by molar-refractivity contribution is 5.53. The summed E-state index contributed by atoms with van der Waals surface area (Å²) in [5.74, 6) is 0.738. The van der Waals surface area contributed by atoms with E-state index in [4.69, 9.17) is 5.73 Å². The van der Waals surface area contributed by atoms with E-state index in [0.717, 1.165) is 24.7 Å². The zero-order valence-corrected chi connectivity index (χ0v) is 10.0. The van der Waals surface area contributed by atoms with Crippen LogP contribution >= 0.6 is 0 Å². The first-order valence-corrected chi connectivity index (χ1v) is 5.77. The van der Waals surface area contributed by atoms with E-state index in [-0.39, 0.29) is 0 Å². The SMILES string of the molecule is CCC(C)CN(CC)c1ccc(N)cc1. The minimum Gasteiger partial charge on any atom is -0.399 e. The highest BCUT2D eigenvalue weighted by Crippen LogP contribution is 2.18. The fourth-order valence-corrected chi connectivity index (χ4v) is 1.61. The Labute approximate surface area is 93.1 Å². The summed E-state index contributed by atoms with van der Waals surface area (Å²) in [7, 11) is 0. The summed E-state index contributed by atoms with van der Waals surface area (Å²) in [5.41, 5.74) is 7.78. The van der Waals surface area contributed by atoms with Gasteiger partial charge in [0.1, 0.15) is 0 Å². The van der Waals surface area contributed by atoms with Gasteiger partial charge in [-0.05, 0) is 37.1 Å². The van der Waals surface area contributed by atoms with Crippen molar-refractivity contribution in [3.05, 3.63) is 24.3 Å². The van der Waals surface area contributed by atoms with Crippen LogP contribution in [-0.4, -0.2) is 13.1 Å². The molecule has 0 radical (unpaired) electrons. The maximum absolute atomic E-state index is 5.68. The predicted octanol–water partition coefficient (Wildman–Crippen LogP) is 3.14. The lowest BCUT2D eigenvalue weighted by molar-refractivity contribution is 0.548. The first-order chi connectivity index (χ1) is 7.17. The topological polar surface area (TPSA) is 29.3 Å². The molecule has 0 saturated heterocycles. The summed E-state index contributed by atoms with van der Waals surface area (Å²) in [5, 5.41) is 0. The van der Waals surface area contributed by atoms with Crippen molar-refractivity contribution in [2.24, 2.45) is 5.92 Å². The molecule has 15 heavy (non-hydrogen) atoms. The Hall–Kier alpha value is -1.18. The molecule has 0 aliphatic carbocycles. The Morgan fingerprint density at radius 1 is 1.20 bits per heavy atom. The Morgan fingerprint density at radius 3 is 2.27 bits per heavy atom. The van der Waals surface area contributed by atoms with Gasteiger partial charge in [0, 0.05) is 24.5 Å². The first-order valence-electron chi connectivity index (χ1n) is 5.77. The molecule has 1 aromatic carbocycles. The highest BCUT2D eigenvalue weighted by atomic mass is 15.1. The van der Waals surface area contributed by atoms with Gasteiger partial charge in [0.2, 0.25) is 0 Å². The number of hydrogen-bond acceptors (Lipinski definition) is 2. The van der Waals surface area contributed by atoms with Crippen LogP contribution < -0.4 is 10.6 Å². The Balaban J connectivity index is 2.69. The minimum absolute atomic E-state index is 0.738. The van der Waals surface area contributed by atoms with Gasteiger partial charge in [0.05, 0.1) is 0 Å². The number of nitrogen functional groups attached to an aromatic ring is 1. The molecule has 0 aliphatic rings. The lowest BCUT2D eigenvalue weighted by Crippen LogP contribution is -2.27. The van der Waals surface area contributed by atoms with E-state index in [9.17, 15) is 0 Å². The number of nitrogens with zero attached hydrogens (tertiary/aromatic N) is 1. The summed E-state index contributed by atoms with van der Waals surface area (Å²) in [6.45, 7) is 8.89. The van der Waals surface area contributed by atoms with Crippen LogP contribution in [0.5, 0.6) is 0 Å². The number of rotatable bonds is 5. The molecule has 1 rings (SSSR count). The molecule has 1 aromatic rings. The molecule has 84 valence electrons. The summed E-state index contributed by atoms with van der Waals surface area (Å²) in [6, 6.07) is 8.13. The number of benzene rings is 1. The zero-order valence-electron chi connectivity index (χ0n) is 10.0. The third-order valence-corrected chi connectivity index (χ3v) is 2.87. The third kappa shape index (κ3) is 3.46. The van der Waals surface area contributed by atoms with Gasteiger partial charge in [-0.1, -0.05) is 20.3 Å². The molecule has 1 unspecified atom stereocenters. The first kappa shape index (κ1) is 11.9. The van der Waals surface area contributed by atoms with Crippen LogP contribution in [0.1, 0.15) is 27.2 Å². The summed E-state index contributed by atoms with van der Waals surface area (Å²) >= 11 is 0. The van der Waals surface area contributed by atoms with Gasteiger partial charge in [0.15, 0.2) is 0 Å². The molecule has 2 N–H and O–H groups in total. The molecule has 2 heteroatoms. The monoisotopic (exact) mass is 206 g/mol. The molecule has 0 aromatic heterocycles. The molecule has 2 nitrogen and oxygen atoms in total. The Kier molecular flexibility index (Phi) is 4.47. The van der Waals surface area contributed by atoms with E-state index in [2.05, 4.69) is 37.8 Å². The molecular formula is C13H22N2. The molecule has 0 spiro atoms. The van der Waals surface area contributed by atoms with Crippen molar-refractivity contribution in [2.75, 3.05) is 23.7 Å². The summed E-state index contributed by atoms with van der Waals surface area (Å²) in [6.07, 6.45) is 1.23. The van der Waals surface area contributed by atoms with Crippen LogP contribution in [0.15, 0.2) is 24.3 Å². The molecule has 0 aliphatic heterocycles. The van der Waals surface area contributed by atoms with E-state index < -0.39 is 0 Å². The van der Waals surface area contributed by atoms with Crippen LogP contribution in [0, 0.1) is 5.92 Å². The normalized spacial score (nSPS) is 12.5. The van der Waals surface area contributed by atoms with Crippen LogP contribution in [0.2, 0.25) is 0 Å². The fourth-order valence-electron chi connectivity index (χ4n) is 1.61. The van der Waals surface area contributed by atoms with E-state index in [1.54, 1.807) is 0 Å². The lowest BCUT2D eigenvalue weighted by atomic mass is 10.1. The Bertz CT molecular complexity index is 279. The van der Waals surface area contributed by atoms with Gasteiger partial charge >= 0.3 is 0 Å². The molecule has 0 amide bonds. The lowest BCUT2D eigenvalue weighted by Gasteiger charge is -2.26. The molecular weight excluding hydrogens is 184 g/mol. The van der Waals surface area contributed by atoms with Crippen LogP contribution in [0.4, 0.5) is 11.4 Å². The molecule has 0 heterocycles. The van der Waals surface area contributed by atoms with Gasteiger partial charge in [-0.15, -0.1) is 0 Å². The predicted molar refractivity (Wildman–Crippen MR) is 68.2 cm³/mol. The molecule has 0 fully saturated rings. The Morgan fingerprint density at radius 2 is 1.80 bits per heavy atom. The summed E-state index contributed by atoms with van der Waals surface area (Å²) < 4.78 is 0. The van der Waals surface area contributed by atoms with Crippen molar-refractivity contribution in [2.45, 2.75) is 27.2 Å². The van der Waals surface area contributed by atoms with Crippen LogP contribution in [0.25, 0.3) is 0 Å². The number of hydrogen-bond donors (Lipinski definition) is 1. The second kappa shape index (κ2) is 5.64. The van der Waals surface area contributed by atoms with E-state index >= 15 is 0 Å². The third-order valence-electron chi connectivity index (χ3n) is 2.87. The van der Waals surface area contributed by atoms with Gasteiger partial charge in [0.25, 0.3) is 0 Å². The standard InChI is InChI=1S/C13H22N2/c1-4-11(3)10-15(5-2)13-8-6-12(14)7-9-13/h6-9,11H,4-5,10,14H2,1-3H3. The van der Waals surface area contributed by atoms with Crippen molar-refractivity contribution in [1.29, 1.82) is 0 Å². The van der Waals surface area contributed by atoms with Gasteiger partial charge in [-0.2, -0.15) is 0 Å². The number of anilines is 2. The maximum Gasteiger partial charge on any atom is 0.0367 e. The van der Waals surface area contributed by atoms with Crippen LogP contribution in [0.3, 0.4) is 0 Å². The molecule has 0 saturated carbocycles. The van der Waals surface area contributed by atoms with E-state index in [1.165, 1.54) is 12.1 Å². The maximum atomic E-state index is 5.68. The number of nitrogens with two attached hydrogens (primary N) is 1. The second-order valence-electron chi connectivity index (χ2n) is 4.14. The van der Waals surface area contributed by atoms with Gasteiger partial charge < -0.3 is 10.6 Å². The van der Waals surface area contributed by atoms with Crippen molar-refractivity contribution in [3.8, 4) is 0 Å². The average molecular weight is 206 g/mol. The van der Waals surface area contributed by atoms with E-state index in [1.807, 2.05) is 12.1 Å². The molecule has 1 atom stereocenters. The fraction of sp³-hybridized carbons (Fsp3) is 0.538. The smallest absolute Gasteiger partial charge is 0.0367 e. The summed E-state index contributed by atoms with van der Waals surface area (Å²) in [4.78, 5) is 2.40. The average Bonchev–Trinajstić information content (AvgIpc) is 2.27. The minimum atomic E-state index is 0.738. The highest BCUT2D eigenvalue weighted by Gasteiger charge is 2.07. The second-order valence-corrected chi connectivity index (χ2v) is 4.14. The largest absolute Gasteiger partial charge is 0.399 e. The van der Waals surface area contributed by atoms with Gasteiger partial charge in [-0.3, -0.25) is 0 Å². The van der Waals surface area contributed by atoms with Gasteiger partial charge in [-0.25, -0.2) is 0 Å². The van der Waals surface area contributed by atoms with E-state index in [0.29, 0.717) is 0 Å². The van der Waals surface area contributed by atoms with Crippen molar-refractivity contribution in [1.82, 2.24) is 0 Å². The zero-order chi connectivity index (χ0) is 11.3.